The number of halogens is 4. The van der Waals surface area contributed by atoms with Gasteiger partial charge >= 0.3 is 0 Å². The van der Waals surface area contributed by atoms with E-state index in [9.17, 15) is 19.2 Å². The number of aromatic nitrogens is 4. The van der Waals surface area contributed by atoms with E-state index in [-0.39, 0.29) is 61.3 Å². The molecule has 1 amide bonds. The fraction of sp³-hybridized carbons (Fsp3) is 0.483. The molecule has 2 fully saturated rings. The van der Waals surface area contributed by atoms with Crippen molar-refractivity contribution >= 4 is 75.5 Å². The highest BCUT2D eigenvalue weighted by Crippen LogP contribution is 2.35. The van der Waals surface area contributed by atoms with E-state index < -0.39 is 11.1 Å². The van der Waals surface area contributed by atoms with Gasteiger partial charge in [0.2, 0.25) is 0 Å². The van der Waals surface area contributed by atoms with E-state index in [1.807, 2.05) is 0 Å². The molecule has 0 aromatic carbocycles. The molecule has 4 heterocycles. The molecule has 10 nitrogen and oxygen atoms in total. The summed E-state index contributed by atoms with van der Waals surface area (Å²) in [7, 11) is 0. The smallest absolute Gasteiger partial charge is 0.278 e. The molecule has 3 aliphatic rings. The van der Waals surface area contributed by atoms with Crippen LogP contribution in [0.5, 0.6) is 0 Å². The van der Waals surface area contributed by atoms with Crippen molar-refractivity contribution in [1.29, 1.82) is 0 Å². The Morgan fingerprint density at radius 3 is 2.19 bits per heavy atom. The lowest BCUT2D eigenvalue weighted by Crippen LogP contribution is -2.44. The van der Waals surface area contributed by atoms with Crippen LogP contribution in [-0.4, -0.2) is 58.2 Å². The Kier molecular flexibility index (Phi) is 8.17. The lowest BCUT2D eigenvalue weighted by Gasteiger charge is -2.34. The summed E-state index contributed by atoms with van der Waals surface area (Å²) in [6.45, 7) is 3.38. The highest BCUT2D eigenvalue weighted by Gasteiger charge is 2.39. The van der Waals surface area contributed by atoms with E-state index in [1.54, 1.807) is 19.9 Å². The van der Waals surface area contributed by atoms with Gasteiger partial charge in [0.1, 0.15) is 5.65 Å². The number of nitrogens with zero attached hydrogens (tertiary/aromatic N) is 3. The number of rotatable bonds is 4. The van der Waals surface area contributed by atoms with E-state index in [2.05, 4.69) is 20.2 Å². The standard InChI is InChI=1S/C29H30Cl4N6O4/c1-12-16(26(40)34-24-22(12)28(42)38(36-24)20-10-14(30)6-8-18(20)32)4-3-5-17-13(2)23-25(35-27(17)41)37-39(29(23)43)21-11-15(31)7-9-19(21)33/h3-5,14-15,18-21H,6-11H2,1-2H3,(H,34,36,40)(H2,35,37,41)/b5-3?,16-4+. The van der Waals surface area contributed by atoms with Crippen LogP contribution in [0.25, 0.3) is 23.2 Å². The van der Waals surface area contributed by atoms with Crippen molar-refractivity contribution in [2.45, 2.75) is 86.0 Å². The van der Waals surface area contributed by atoms with E-state index in [0.717, 1.165) is 12.8 Å². The highest BCUT2D eigenvalue weighted by atomic mass is 35.5. The minimum absolute atomic E-state index is 0.0899. The maximum absolute atomic E-state index is 13.4. The zero-order valence-electron chi connectivity index (χ0n) is 23.4. The highest BCUT2D eigenvalue weighted by molar-refractivity contribution is 6.23. The predicted octanol–water partition coefficient (Wildman–Crippen LogP) is 3.51. The molecule has 43 heavy (non-hydrogen) atoms. The molecule has 0 bridgehead atoms. The number of fused-ring (bicyclic) bond motifs is 2. The van der Waals surface area contributed by atoms with Gasteiger partial charge in [-0.3, -0.25) is 24.3 Å². The summed E-state index contributed by atoms with van der Waals surface area (Å²) in [5, 5.41) is 8.59. The number of H-pyrrole nitrogens is 3. The minimum atomic E-state index is -0.434. The van der Waals surface area contributed by atoms with Crippen molar-refractivity contribution in [3.63, 3.8) is 0 Å². The first kappa shape index (κ1) is 30.2. The van der Waals surface area contributed by atoms with Gasteiger partial charge in [0.25, 0.3) is 22.6 Å². The number of carbonyl (C=O) groups is 1. The average Bonchev–Trinajstić information content (AvgIpc) is 3.46. The maximum Gasteiger partial charge on any atom is 0.278 e. The second-order valence-electron chi connectivity index (χ2n) is 11.5. The summed E-state index contributed by atoms with van der Waals surface area (Å²) < 4.78 is 1.46. The van der Waals surface area contributed by atoms with E-state index in [4.69, 9.17) is 46.4 Å². The fourth-order valence-corrected chi connectivity index (χ4v) is 7.74. The van der Waals surface area contributed by atoms with Crippen LogP contribution in [0.3, 0.4) is 0 Å². The number of hydrogen-bond donors (Lipinski definition) is 3. The number of carbonyl (C=O) groups excluding carboxylic acids is 1. The number of nitrogens with one attached hydrogen (secondary N) is 3. The molecule has 1 aliphatic heterocycles. The molecular weight excluding hydrogens is 638 g/mol. The molecule has 6 atom stereocenters. The first-order chi connectivity index (χ1) is 20.5. The van der Waals surface area contributed by atoms with Crippen LogP contribution in [0.2, 0.25) is 0 Å². The van der Waals surface area contributed by atoms with Crippen molar-refractivity contribution in [2.24, 2.45) is 5.10 Å². The van der Waals surface area contributed by atoms with E-state index in [1.165, 1.54) is 21.8 Å². The normalized spacial score (nSPS) is 28.2. The van der Waals surface area contributed by atoms with Crippen molar-refractivity contribution < 1.29 is 4.79 Å². The monoisotopic (exact) mass is 666 g/mol. The lowest BCUT2D eigenvalue weighted by atomic mass is 9.93. The number of aromatic amines is 3. The van der Waals surface area contributed by atoms with Gasteiger partial charge in [-0.1, -0.05) is 6.08 Å². The number of hydrogen-bond acceptors (Lipinski definition) is 5. The molecule has 3 N–H and O–H groups in total. The van der Waals surface area contributed by atoms with Gasteiger partial charge in [-0.25, -0.2) is 9.69 Å². The Morgan fingerprint density at radius 1 is 0.837 bits per heavy atom. The molecule has 3 aromatic heterocycles. The summed E-state index contributed by atoms with van der Waals surface area (Å²) in [5.41, 5.74) is 0.864. The largest absolute Gasteiger partial charge is 0.306 e. The second kappa shape index (κ2) is 11.6. The SMILES string of the molecule is Cc1c2c([nH]c(=O)/c1=C/C=Cc1c(C)c3c(=O)n(C4CC(Cl)CCC4Cl)[nH]c3[nH]c1=O)=NN(C1CC(Cl)CCC1Cl)C2=O. The Balaban J connectivity index is 1.34. The fourth-order valence-electron chi connectivity index (χ4n) is 6.44. The minimum Gasteiger partial charge on any atom is -0.306 e. The van der Waals surface area contributed by atoms with Crippen LogP contribution in [0.15, 0.2) is 25.6 Å². The van der Waals surface area contributed by atoms with Crippen LogP contribution in [0, 0.1) is 13.8 Å². The van der Waals surface area contributed by atoms with Gasteiger partial charge in [-0.15, -0.1) is 46.4 Å². The van der Waals surface area contributed by atoms with Crippen molar-refractivity contribution in [3.05, 3.63) is 70.1 Å². The Hall–Kier alpha value is -2.79. The van der Waals surface area contributed by atoms with E-state index in [0.29, 0.717) is 53.4 Å². The zero-order chi connectivity index (χ0) is 30.7. The Bertz CT molecular complexity index is 1960. The van der Waals surface area contributed by atoms with Crippen LogP contribution < -0.4 is 27.4 Å². The molecule has 0 saturated heterocycles. The van der Waals surface area contributed by atoms with Gasteiger partial charge in [-0.05, 0) is 75.7 Å². The third kappa shape index (κ3) is 5.30. The Morgan fingerprint density at radius 2 is 1.49 bits per heavy atom. The van der Waals surface area contributed by atoms with Gasteiger partial charge < -0.3 is 9.97 Å². The average molecular weight is 668 g/mol. The number of amides is 1. The molecule has 0 radical (unpaired) electrons. The van der Waals surface area contributed by atoms with Crippen molar-refractivity contribution in [2.75, 3.05) is 0 Å². The Labute approximate surface area is 265 Å². The zero-order valence-corrected chi connectivity index (χ0v) is 26.4. The predicted molar refractivity (Wildman–Crippen MR) is 169 cm³/mol. The third-order valence-corrected chi connectivity index (χ3v) is 10.6. The summed E-state index contributed by atoms with van der Waals surface area (Å²) in [6, 6.07) is -0.696. The summed E-state index contributed by atoms with van der Waals surface area (Å²) in [4.78, 5) is 58.3. The maximum atomic E-state index is 13.4. The van der Waals surface area contributed by atoms with Gasteiger partial charge in [0.05, 0.1) is 33.8 Å². The molecule has 2 saturated carbocycles. The molecule has 2 aliphatic carbocycles. The van der Waals surface area contributed by atoms with Crippen LogP contribution >= 0.6 is 46.4 Å². The number of aryl methyl sites for hydroxylation is 1. The second-order valence-corrected chi connectivity index (χ2v) is 13.9. The number of alkyl halides is 4. The molecule has 6 rings (SSSR count). The molecule has 228 valence electrons. The van der Waals surface area contributed by atoms with Gasteiger partial charge in [0.15, 0.2) is 5.49 Å². The van der Waals surface area contributed by atoms with Gasteiger partial charge in [-0.2, -0.15) is 5.10 Å². The molecule has 0 spiro atoms. The summed E-state index contributed by atoms with van der Waals surface area (Å²) in [5.74, 6) is -0.345. The summed E-state index contributed by atoms with van der Waals surface area (Å²) in [6.07, 6.45) is 8.55. The van der Waals surface area contributed by atoms with Crippen LogP contribution in [0.4, 0.5) is 0 Å². The molecule has 3 aromatic rings. The molecule has 14 heteroatoms. The van der Waals surface area contributed by atoms with Crippen LogP contribution in [-0.2, 0) is 0 Å². The van der Waals surface area contributed by atoms with Gasteiger partial charge in [0, 0.05) is 21.5 Å². The molecule has 6 unspecified atom stereocenters. The topological polar surface area (TPSA) is 136 Å². The number of pyridine rings is 2. The first-order valence-electron chi connectivity index (χ1n) is 14.2. The lowest BCUT2D eigenvalue weighted by molar-refractivity contribution is 0.0670. The molecular formula is C29H30Cl4N6O4. The van der Waals surface area contributed by atoms with E-state index >= 15 is 0 Å². The number of allylic oxidation sites excluding steroid dienone is 1. The van der Waals surface area contributed by atoms with Crippen LogP contribution in [0.1, 0.15) is 71.6 Å². The van der Waals surface area contributed by atoms with Crippen molar-refractivity contribution in [1.82, 2.24) is 24.8 Å². The first-order valence-corrected chi connectivity index (χ1v) is 16.0. The third-order valence-electron chi connectivity index (χ3n) is 8.81. The summed E-state index contributed by atoms with van der Waals surface area (Å²) >= 11 is 25.8. The van der Waals surface area contributed by atoms with Crippen molar-refractivity contribution in [3.8, 4) is 0 Å². The quantitative estimate of drug-likeness (QED) is 0.367.